The molecule has 5 aromatic carbocycles. The topological polar surface area (TPSA) is 71.1 Å². The lowest BCUT2D eigenvalue weighted by atomic mass is 9.85. The van der Waals surface area contributed by atoms with Gasteiger partial charge in [-0.25, -0.2) is 4.98 Å². The molecule has 0 saturated heterocycles. The van der Waals surface area contributed by atoms with Crippen molar-refractivity contribution in [1.29, 1.82) is 0 Å². The number of nitrogens with one attached hydrogen (secondary N) is 2. The molecule has 0 amide bonds. The van der Waals surface area contributed by atoms with Gasteiger partial charge >= 0.3 is 0 Å². The number of hydrogen-bond donors (Lipinski definition) is 3. The van der Waals surface area contributed by atoms with Crippen LogP contribution in [0.2, 0.25) is 0 Å². The van der Waals surface area contributed by atoms with Gasteiger partial charge in [-0.1, -0.05) is 121 Å². The number of nitrogens with zero attached hydrogens (tertiary/aromatic N) is 3. The molecule has 3 aliphatic heterocycles. The molecule has 2 aromatic heterocycles. The Hall–Kier alpha value is -7.31. The summed E-state index contributed by atoms with van der Waals surface area (Å²) in [5.41, 5.74) is 23.5. The molecule has 6 heteroatoms. The van der Waals surface area contributed by atoms with E-state index in [1.54, 1.807) is 0 Å². The fourth-order valence-electron chi connectivity index (χ4n) is 9.32. The van der Waals surface area contributed by atoms with Crippen LogP contribution in [0.25, 0.3) is 62.0 Å². The summed E-state index contributed by atoms with van der Waals surface area (Å²) in [5, 5.41) is 9.56. The monoisotopic (exact) mass is 750 g/mol. The minimum absolute atomic E-state index is 0.0137. The number of nitrogen functional groups attached to an aromatic ring is 1. The Bertz CT molecular complexity index is 3010. The first kappa shape index (κ1) is 34.0. The molecule has 4 aliphatic rings. The second kappa shape index (κ2) is 13.7. The number of nitrogens with two attached hydrogens (primary N) is 1. The van der Waals surface area contributed by atoms with Crippen LogP contribution in [-0.2, 0) is 6.42 Å². The van der Waals surface area contributed by atoms with Crippen LogP contribution in [0.4, 0.5) is 22.9 Å². The summed E-state index contributed by atoms with van der Waals surface area (Å²) in [5.74, 6) is 1.02. The van der Waals surface area contributed by atoms with Gasteiger partial charge in [0, 0.05) is 51.3 Å². The summed E-state index contributed by atoms with van der Waals surface area (Å²) < 4.78 is 2.51. The number of rotatable bonds is 5. The molecule has 0 fully saturated rings. The molecule has 11 rings (SSSR count). The predicted molar refractivity (Wildman–Crippen MR) is 243 cm³/mol. The maximum atomic E-state index is 6.83. The van der Waals surface area contributed by atoms with Gasteiger partial charge in [0.25, 0.3) is 0 Å². The Morgan fingerprint density at radius 1 is 0.810 bits per heavy atom. The maximum absolute atomic E-state index is 6.83. The largest absolute Gasteiger partial charge is 0.396 e. The highest BCUT2D eigenvalue weighted by Gasteiger charge is 2.33. The zero-order valence-corrected chi connectivity index (χ0v) is 32.2. The smallest absolute Gasteiger partial charge is 0.138 e. The Morgan fingerprint density at radius 2 is 1.59 bits per heavy atom. The van der Waals surface area contributed by atoms with Crippen LogP contribution in [-0.4, -0.2) is 22.1 Å². The Balaban J connectivity index is 1.16. The van der Waals surface area contributed by atoms with E-state index in [0.717, 1.165) is 69.1 Å². The lowest BCUT2D eigenvalue weighted by Crippen LogP contribution is -2.36. The van der Waals surface area contributed by atoms with E-state index in [1.807, 2.05) is 19.1 Å². The third kappa shape index (κ3) is 5.44. The number of hydrogen-bond acceptors (Lipinski definition) is 5. The molecule has 2 unspecified atom stereocenters. The fourth-order valence-corrected chi connectivity index (χ4v) is 9.32. The van der Waals surface area contributed by atoms with Crippen molar-refractivity contribution in [2.45, 2.75) is 19.4 Å². The van der Waals surface area contributed by atoms with Crippen molar-refractivity contribution in [3.05, 3.63) is 192 Å². The summed E-state index contributed by atoms with van der Waals surface area (Å²) in [6.07, 6.45) is 21.0. The SMILES string of the molecule is C/C=C\c1ccc2ccc(N3c4ccccc4-c4c(n(C5=CC(C6=CCNC=C6)NC(C6C=Cc7ccccc7C6)=C5)c5ccccc45)-c4ccccc43)nc2c1N. The third-order valence-electron chi connectivity index (χ3n) is 12.0. The highest BCUT2D eigenvalue weighted by molar-refractivity contribution is 6.14. The van der Waals surface area contributed by atoms with E-state index in [2.05, 4.69) is 184 Å². The van der Waals surface area contributed by atoms with Gasteiger partial charge in [0.15, 0.2) is 0 Å². The molecule has 7 aromatic rings. The number of allylic oxidation sites excluding steroid dienone is 4. The number of dihydropyridines is 2. The summed E-state index contributed by atoms with van der Waals surface area (Å²) in [6.45, 7) is 2.81. The highest BCUT2D eigenvalue weighted by Crippen LogP contribution is 2.54. The average Bonchev–Trinajstić information content (AvgIpc) is 3.56. The van der Waals surface area contributed by atoms with Crippen molar-refractivity contribution in [2.24, 2.45) is 5.92 Å². The maximum Gasteiger partial charge on any atom is 0.138 e. The molecule has 280 valence electrons. The van der Waals surface area contributed by atoms with Gasteiger partial charge in [-0.3, -0.25) is 4.90 Å². The quantitative estimate of drug-likeness (QED) is 0.153. The third-order valence-corrected chi connectivity index (χ3v) is 12.0. The van der Waals surface area contributed by atoms with Crippen LogP contribution < -0.4 is 21.3 Å². The number of aromatic nitrogens is 2. The number of fused-ring (bicyclic) bond motifs is 9. The number of anilines is 4. The van der Waals surface area contributed by atoms with Gasteiger partial charge in [0.1, 0.15) is 5.82 Å². The van der Waals surface area contributed by atoms with Gasteiger partial charge in [-0.2, -0.15) is 0 Å². The van der Waals surface area contributed by atoms with Crippen LogP contribution in [0.1, 0.15) is 23.6 Å². The first-order valence-electron chi connectivity index (χ1n) is 20.2. The van der Waals surface area contributed by atoms with Crippen molar-refractivity contribution < 1.29 is 0 Å². The number of para-hydroxylation sites is 3. The molecule has 4 N–H and O–H groups in total. The summed E-state index contributed by atoms with van der Waals surface area (Å²) in [7, 11) is 0. The molecule has 2 atom stereocenters. The standard InChI is InChI=1S/C52H42N6/c1-2-11-35-21-22-36-24-25-48(56-51(36)50(35)53)58-46-18-9-6-15-41(46)49-40-14-5-8-17-45(40)57(52(49)42-16-7-10-19-47(42)58)39-31-43(34-26-28-54-29-27-34)55-44(32-39)38-23-20-33-12-3-4-13-37(33)30-38/h2-28,31-32,38,43,54-55H,29-30,53H2,1H3/b11-2-. The normalized spacial score (nSPS) is 18.0. The van der Waals surface area contributed by atoms with Crippen LogP contribution in [0, 0.1) is 5.92 Å². The van der Waals surface area contributed by atoms with E-state index in [1.165, 1.54) is 38.9 Å². The molecule has 58 heavy (non-hydrogen) atoms. The van der Waals surface area contributed by atoms with E-state index in [-0.39, 0.29) is 12.0 Å². The van der Waals surface area contributed by atoms with Crippen molar-refractivity contribution in [2.75, 3.05) is 17.2 Å². The molecular formula is C52H42N6. The summed E-state index contributed by atoms with van der Waals surface area (Å²) in [6, 6.07) is 43.6. The van der Waals surface area contributed by atoms with Gasteiger partial charge in [0.05, 0.1) is 39.8 Å². The van der Waals surface area contributed by atoms with E-state index in [9.17, 15) is 0 Å². The van der Waals surface area contributed by atoms with E-state index >= 15 is 0 Å². The zero-order valence-electron chi connectivity index (χ0n) is 32.2. The molecule has 0 radical (unpaired) electrons. The van der Waals surface area contributed by atoms with Gasteiger partial charge < -0.3 is 20.9 Å². The minimum atomic E-state index is -0.0137. The number of benzene rings is 5. The van der Waals surface area contributed by atoms with Crippen molar-refractivity contribution >= 4 is 62.5 Å². The molecular weight excluding hydrogens is 709 g/mol. The second-order valence-corrected chi connectivity index (χ2v) is 15.4. The molecule has 0 bridgehead atoms. The van der Waals surface area contributed by atoms with E-state index in [0.29, 0.717) is 5.69 Å². The number of pyridine rings is 1. The molecule has 6 nitrogen and oxygen atoms in total. The van der Waals surface area contributed by atoms with E-state index in [4.69, 9.17) is 10.7 Å². The molecule has 1 aliphatic carbocycles. The van der Waals surface area contributed by atoms with Gasteiger partial charge in [-0.15, -0.1) is 0 Å². The Morgan fingerprint density at radius 3 is 2.45 bits per heavy atom. The van der Waals surface area contributed by atoms with Crippen LogP contribution in [0.3, 0.4) is 0 Å². The summed E-state index contributed by atoms with van der Waals surface area (Å²) >= 11 is 0. The van der Waals surface area contributed by atoms with E-state index < -0.39 is 0 Å². The first-order valence-corrected chi connectivity index (χ1v) is 20.2. The van der Waals surface area contributed by atoms with Crippen molar-refractivity contribution in [3.8, 4) is 22.4 Å². The molecule has 0 saturated carbocycles. The average molecular weight is 751 g/mol. The van der Waals surface area contributed by atoms with Gasteiger partial charge in [-0.05, 0) is 90.4 Å². The predicted octanol–water partition coefficient (Wildman–Crippen LogP) is 11.5. The van der Waals surface area contributed by atoms with Crippen LogP contribution >= 0.6 is 0 Å². The van der Waals surface area contributed by atoms with Crippen molar-refractivity contribution in [3.63, 3.8) is 0 Å². The minimum Gasteiger partial charge on any atom is -0.396 e. The van der Waals surface area contributed by atoms with Gasteiger partial charge in [0.2, 0.25) is 0 Å². The Labute approximate surface area is 338 Å². The first-order chi connectivity index (χ1) is 28.6. The van der Waals surface area contributed by atoms with Crippen LogP contribution in [0.15, 0.2) is 175 Å². The van der Waals surface area contributed by atoms with Crippen molar-refractivity contribution in [1.82, 2.24) is 20.2 Å². The second-order valence-electron chi connectivity index (χ2n) is 15.4. The molecule has 5 heterocycles. The lowest BCUT2D eigenvalue weighted by Gasteiger charge is -2.32. The molecule has 0 spiro atoms. The summed E-state index contributed by atoms with van der Waals surface area (Å²) in [4.78, 5) is 7.67. The zero-order chi connectivity index (χ0) is 38.7. The Kier molecular flexibility index (Phi) is 8.03. The fraction of sp³-hybridized carbons (Fsp3) is 0.0962. The van der Waals surface area contributed by atoms with Crippen LogP contribution in [0.5, 0.6) is 0 Å². The lowest BCUT2D eigenvalue weighted by molar-refractivity contribution is 0.621. The highest BCUT2D eigenvalue weighted by atomic mass is 15.2.